The molecule has 1 heterocycles. The van der Waals surface area contributed by atoms with Crippen molar-refractivity contribution in [3.8, 4) is 0 Å². The molecule has 1 aliphatic carbocycles. The van der Waals surface area contributed by atoms with Gasteiger partial charge in [-0.2, -0.15) is 0 Å². The van der Waals surface area contributed by atoms with Gasteiger partial charge >= 0.3 is 0 Å². The number of hydrogen-bond acceptors (Lipinski definition) is 3. The third-order valence-electron chi connectivity index (χ3n) is 5.38. The van der Waals surface area contributed by atoms with E-state index in [1.54, 1.807) is 0 Å². The largest absolute Gasteiger partial charge is 0.357 e. The van der Waals surface area contributed by atoms with E-state index in [0.717, 1.165) is 38.1 Å². The van der Waals surface area contributed by atoms with Crippen molar-refractivity contribution in [3.05, 3.63) is 0 Å². The molecule has 1 atom stereocenters. The number of aliphatic imine (C=N–C) groups is 1. The van der Waals surface area contributed by atoms with Gasteiger partial charge in [-0.05, 0) is 52.5 Å². The Bertz CT molecular complexity index is 360. The van der Waals surface area contributed by atoms with Crippen LogP contribution >= 0.6 is 24.0 Å². The minimum absolute atomic E-state index is 0. The van der Waals surface area contributed by atoms with Gasteiger partial charge in [0.05, 0.1) is 6.54 Å². The van der Waals surface area contributed by atoms with Crippen LogP contribution in [0.4, 0.5) is 0 Å². The zero-order chi connectivity index (χ0) is 16.7. The van der Waals surface area contributed by atoms with Crippen LogP contribution in [0.3, 0.4) is 0 Å². The molecule has 2 fully saturated rings. The van der Waals surface area contributed by atoms with E-state index in [4.69, 9.17) is 4.99 Å². The monoisotopic (exact) mass is 451 g/mol. The van der Waals surface area contributed by atoms with Crippen molar-refractivity contribution >= 4 is 29.9 Å². The van der Waals surface area contributed by atoms with Crippen LogP contribution in [0.1, 0.15) is 46.5 Å². The molecule has 1 unspecified atom stereocenters. The fourth-order valence-corrected chi connectivity index (χ4v) is 3.52. The lowest BCUT2D eigenvalue weighted by Gasteiger charge is -2.36. The van der Waals surface area contributed by atoms with Gasteiger partial charge in [-0.15, -0.1) is 24.0 Å². The zero-order valence-electron chi connectivity index (χ0n) is 16.1. The van der Waals surface area contributed by atoms with Crippen LogP contribution in [-0.4, -0.2) is 74.2 Å². The summed E-state index contributed by atoms with van der Waals surface area (Å²) in [5.41, 5.74) is 0. The van der Waals surface area contributed by atoms with E-state index in [9.17, 15) is 0 Å². The fourth-order valence-electron chi connectivity index (χ4n) is 3.52. The van der Waals surface area contributed by atoms with Crippen molar-refractivity contribution in [1.29, 1.82) is 0 Å². The molecule has 6 heteroatoms. The third kappa shape index (κ3) is 7.44. The topological polar surface area (TPSA) is 42.9 Å². The summed E-state index contributed by atoms with van der Waals surface area (Å²) in [4.78, 5) is 9.83. The third-order valence-corrected chi connectivity index (χ3v) is 5.38. The molecule has 0 spiro atoms. The van der Waals surface area contributed by atoms with Gasteiger partial charge in [0.25, 0.3) is 0 Å². The summed E-state index contributed by atoms with van der Waals surface area (Å²) in [6, 6.07) is 1.12. The molecular formula is C18H38IN5. The Labute approximate surface area is 166 Å². The summed E-state index contributed by atoms with van der Waals surface area (Å²) in [6.07, 6.45) is 5.24. The molecule has 0 aromatic heterocycles. The number of nitrogens with one attached hydrogen (secondary N) is 2. The summed E-state index contributed by atoms with van der Waals surface area (Å²) in [5.74, 6) is 1.90. The normalized spacial score (nSPS) is 28.1. The second kappa shape index (κ2) is 11.5. The average molecular weight is 451 g/mol. The molecule has 1 aliphatic heterocycles. The Morgan fingerprint density at radius 1 is 1.12 bits per heavy atom. The Morgan fingerprint density at radius 2 is 1.75 bits per heavy atom. The molecule has 0 aromatic carbocycles. The summed E-state index contributed by atoms with van der Waals surface area (Å²) < 4.78 is 0. The molecule has 2 aliphatic rings. The maximum atomic E-state index is 4.86. The van der Waals surface area contributed by atoms with Crippen molar-refractivity contribution in [2.24, 2.45) is 10.9 Å². The van der Waals surface area contributed by atoms with E-state index in [1.807, 2.05) is 0 Å². The van der Waals surface area contributed by atoms with Gasteiger partial charge in [0, 0.05) is 44.8 Å². The molecular weight excluding hydrogens is 413 g/mol. The number of nitrogens with zero attached hydrogens (tertiary/aromatic N) is 3. The minimum Gasteiger partial charge on any atom is -0.357 e. The van der Waals surface area contributed by atoms with Crippen LogP contribution < -0.4 is 10.6 Å². The predicted molar refractivity (Wildman–Crippen MR) is 114 cm³/mol. The molecule has 0 aromatic rings. The highest BCUT2D eigenvalue weighted by molar-refractivity contribution is 14.0. The molecule has 2 N–H and O–H groups in total. The van der Waals surface area contributed by atoms with E-state index in [-0.39, 0.29) is 24.0 Å². The van der Waals surface area contributed by atoms with Gasteiger partial charge in [0.1, 0.15) is 0 Å². The first-order valence-corrected chi connectivity index (χ1v) is 9.56. The summed E-state index contributed by atoms with van der Waals surface area (Å²) in [5, 5.41) is 7.07. The number of hydrogen-bond donors (Lipinski definition) is 2. The quantitative estimate of drug-likeness (QED) is 0.383. The molecule has 1 saturated carbocycles. The molecule has 0 bridgehead atoms. The summed E-state index contributed by atoms with van der Waals surface area (Å²) in [7, 11) is 2.21. The first-order valence-electron chi connectivity index (χ1n) is 9.56. The number of likely N-dealkylation sites (N-methyl/N-ethyl adjacent to an activating group) is 1. The second-order valence-corrected chi connectivity index (χ2v) is 7.51. The van der Waals surface area contributed by atoms with Gasteiger partial charge in [0.2, 0.25) is 0 Å². The molecule has 1 saturated heterocycles. The lowest BCUT2D eigenvalue weighted by Crippen LogP contribution is -2.49. The van der Waals surface area contributed by atoms with E-state index >= 15 is 0 Å². The van der Waals surface area contributed by atoms with Gasteiger partial charge in [-0.1, -0.05) is 6.92 Å². The Kier molecular flexibility index (Phi) is 10.5. The summed E-state index contributed by atoms with van der Waals surface area (Å²) in [6.45, 7) is 13.3. The Balaban J connectivity index is 0.00000288. The first-order chi connectivity index (χ1) is 11.1. The molecule has 5 nitrogen and oxygen atoms in total. The van der Waals surface area contributed by atoms with Crippen molar-refractivity contribution < 1.29 is 0 Å². The lowest BCUT2D eigenvalue weighted by atomic mass is 9.87. The van der Waals surface area contributed by atoms with Gasteiger partial charge < -0.3 is 15.5 Å². The predicted octanol–water partition coefficient (Wildman–Crippen LogP) is 2.37. The number of guanidine groups is 1. The van der Waals surface area contributed by atoms with Crippen LogP contribution in [-0.2, 0) is 0 Å². The number of piperazine rings is 1. The molecule has 0 radical (unpaired) electrons. The van der Waals surface area contributed by atoms with Crippen molar-refractivity contribution in [3.63, 3.8) is 0 Å². The molecule has 24 heavy (non-hydrogen) atoms. The SMILES string of the molecule is CCNC(=NCC(C)N1CCN(C)CC1)NC1CCC(C)CC1.I. The Hall–Kier alpha value is -0.0800. The maximum absolute atomic E-state index is 4.86. The van der Waals surface area contributed by atoms with Crippen LogP contribution in [0.15, 0.2) is 4.99 Å². The second-order valence-electron chi connectivity index (χ2n) is 7.51. The van der Waals surface area contributed by atoms with E-state index < -0.39 is 0 Å². The Morgan fingerprint density at radius 3 is 2.33 bits per heavy atom. The van der Waals surface area contributed by atoms with E-state index in [1.165, 1.54) is 38.8 Å². The van der Waals surface area contributed by atoms with Crippen LogP contribution in [0.2, 0.25) is 0 Å². The highest BCUT2D eigenvalue weighted by Crippen LogP contribution is 2.23. The van der Waals surface area contributed by atoms with Gasteiger partial charge in [0.15, 0.2) is 5.96 Å². The molecule has 0 amide bonds. The highest BCUT2D eigenvalue weighted by atomic mass is 127. The minimum atomic E-state index is 0. The van der Waals surface area contributed by atoms with E-state index in [2.05, 4.69) is 48.3 Å². The number of halogens is 1. The highest BCUT2D eigenvalue weighted by Gasteiger charge is 2.20. The molecule has 142 valence electrons. The van der Waals surface area contributed by atoms with Crippen LogP contribution in [0, 0.1) is 5.92 Å². The van der Waals surface area contributed by atoms with Gasteiger partial charge in [-0.25, -0.2) is 0 Å². The van der Waals surface area contributed by atoms with Crippen molar-refractivity contribution in [1.82, 2.24) is 20.4 Å². The van der Waals surface area contributed by atoms with Gasteiger partial charge in [-0.3, -0.25) is 9.89 Å². The first kappa shape index (κ1) is 22.0. The van der Waals surface area contributed by atoms with Crippen molar-refractivity contribution in [2.45, 2.75) is 58.5 Å². The van der Waals surface area contributed by atoms with Crippen LogP contribution in [0.25, 0.3) is 0 Å². The van der Waals surface area contributed by atoms with Crippen molar-refractivity contribution in [2.75, 3.05) is 46.3 Å². The van der Waals surface area contributed by atoms with Crippen LogP contribution in [0.5, 0.6) is 0 Å². The zero-order valence-corrected chi connectivity index (χ0v) is 18.4. The standard InChI is InChI=1S/C18H37N5.HI/c1-5-19-18(21-17-8-6-15(2)7-9-17)20-14-16(3)23-12-10-22(4)11-13-23;/h15-17H,5-14H2,1-4H3,(H2,19,20,21);1H. The maximum Gasteiger partial charge on any atom is 0.191 e. The van der Waals surface area contributed by atoms with E-state index in [0.29, 0.717) is 12.1 Å². The fraction of sp³-hybridized carbons (Fsp3) is 0.944. The average Bonchev–Trinajstić information content (AvgIpc) is 2.55. The number of rotatable bonds is 5. The smallest absolute Gasteiger partial charge is 0.191 e. The molecule has 2 rings (SSSR count). The lowest BCUT2D eigenvalue weighted by molar-refractivity contribution is 0.122. The summed E-state index contributed by atoms with van der Waals surface area (Å²) >= 11 is 0.